The molecule has 0 saturated carbocycles. The Hall–Kier alpha value is -1.38. The van der Waals surface area contributed by atoms with Gasteiger partial charge in [0.15, 0.2) is 0 Å². The summed E-state index contributed by atoms with van der Waals surface area (Å²) in [5, 5.41) is 3.05. The third kappa shape index (κ3) is 2.58. The van der Waals surface area contributed by atoms with Crippen LogP contribution in [0.15, 0.2) is 9.31 Å². The second-order valence-electron chi connectivity index (χ2n) is 4.93. The van der Waals surface area contributed by atoms with Gasteiger partial charge in [-0.1, -0.05) is 6.92 Å². The Bertz CT molecular complexity index is 646. The van der Waals surface area contributed by atoms with Crippen LogP contribution in [0.2, 0.25) is 0 Å². The number of rotatable bonds is 5. The van der Waals surface area contributed by atoms with Crippen molar-refractivity contribution in [2.45, 2.75) is 31.7 Å². The van der Waals surface area contributed by atoms with E-state index in [1.165, 1.54) is 11.4 Å². The van der Waals surface area contributed by atoms with Gasteiger partial charge in [0.25, 0.3) is 0 Å². The number of methoxy groups -OCH3 is 1. The summed E-state index contributed by atoms with van der Waals surface area (Å²) in [6.07, 6.45) is 0. The van der Waals surface area contributed by atoms with Crippen LogP contribution in [-0.4, -0.2) is 51.5 Å². The van der Waals surface area contributed by atoms with Gasteiger partial charge in [-0.2, -0.15) is 4.31 Å². The number of furan rings is 1. The summed E-state index contributed by atoms with van der Waals surface area (Å²) in [5.41, 5.74) is -0.0132. The van der Waals surface area contributed by atoms with Crippen LogP contribution in [0.5, 0.6) is 0 Å². The van der Waals surface area contributed by atoms with Gasteiger partial charge in [-0.15, -0.1) is 0 Å². The van der Waals surface area contributed by atoms with Crippen molar-refractivity contribution in [2.75, 3.05) is 26.7 Å². The van der Waals surface area contributed by atoms with E-state index in [2.05, 4.69) is 10.1 Å². The van der Waals surface area contributed by atoms with Crippen LogP contribution in [0.3, 0.4) is 0 Å². The number of hydrogen-bond donors (Lipinski definition) is 1. The molecule has 0 aromatic carbocycles. The minimum absolute atomic E-state index is 0.0132. The lowest BCUT2D eigenvalue weighted by Gasteiger charge is -2.36. The minimum atomic E-state index is -3.81. The van der Waals surface area contributed by atoms with Gasteiger partial charge in [-0.25, -0.2) is 13.2 Å². The molecule has 118 valence electrons. The number of likely N-dealkylation sites (N-methyl/N-ethyl adjacent to an activating group) is 1. The summed E-state index contributed by atoms with van der Waals surface area (Å²) in [7, 11) is -2.59. The monoisotopic (exact) mass is 316 g/mol. The molecule has 1 N–H and O–H groups in total. The average Bonchev–Trinajstić information content (AvgIpc) is 2.67. The molecule has 1 aliphatic rings. The van der Waals surface area contributed by atoms with Gasteiger partial charge in [0, 0.05) is 19.6 Å². The smallest absolute Gasteiger partial charge is 0.342 e. The number of aryl methyl sites for hydroxylation is 2. The average molecular weight is 316 g/mol. The number of esters is 1. The van der Waals surface area contributed by atoms with Gasteiger partial charge in [0.1, 0.15) is 22.0 Å². The molecule has 7 nitrogen and oxygen atoms in total. The number of nitrogens with zero attached hydrogens (tertiary/aromatic N) is 1. The third-order valence-corrected chi connectivity index (χ3v) is 5.82. The van der Waals surface area contributed by atoms with Gasteiger partial charge >= 0.3 is 5.97 Å². The third-order valence-electron chi connectivity index (χ3n) is 3.64. The second kappa shape index (κ2) is 5.78. The van der Waals surface area contributed by atoms with Crippen molar-refractivity contribution in [1.29, 1.82) is 0 Å². The number of carbonyl (C=O) groups excluding carboxylic acids is 1. The van der Waals surface area contributed by atoms with Crippen molar-refractivity contribution in [3.63, 3.8) is 0 Å². The molecule has 0 radical (unpaired) electrons. The topological polar surface area (TPSA) is 88.9 Å². The van der Waals surface area contributed by atoms with Gasteiger partial charge in [-0.3, -0.25) is 0 Å². The summed E-state index contributed by atoms with van der Waals surface area (Å²) >= 11 is 0. The molecule has 1 aromatic rings. The molecular formula is C13H20N2O5S. The van der Waals surface area contributed by atoms with Crippen molar-refractivity contribution in [3.8, 4) is 0 Å². The minimum Gasteiger partial charge on any atom is -0.465 e. The van der Waals surface area contributed by atoms with Crippen LogP contribution < -0.4 is 5.32 Å². The van der Waals surface area contributed by atoms with Crippen LogP contribution in [0.4, 0.5) is 0 Å². The highest BCUT2D eigenvalue weighted by Crippen LogP contribution is 2.31. The Morgan fingerprint density at radius 1 is 1.38 bits per heavy atom. The van der Waals surface area contributed by atoms with E-state index < -0.39 is 16.0 Å². The fraction of sp³-hybridized carbons (Fsp3) is 0.615. The van der Waals surface area contributed by atoms with Crippen molar-refractivity contribution in [1.82, 2.24) is 9.62 Å². The Morgan fingerprint density at radius 3 is 2.43 bits per heavy atom. The molecule has 0 atom stereocenters. The van der Waals surface area contributed by atoms with E-state index in [-0.39, 0.29) is 28.0 Å². The fourth-order valence-electron chi connectivity index (χ4n) is 2.53. The van der Waals surface area contributed by atoms with Gasteiger partial charge in [0.2, 0.25) is 10.0 Å². The van der Waals surface area contributed by atoms with E-state index in [4.69, 9.17) is 4.42 Å². The van der Waals surface area contributed by atoms with Gasteiger partial charge in [0.05, 0.1) is 13.2 Å². The summed E-state index contributed by atoms with van der Waals surface area (Å²) in [6.45, 7) is 6.42. The lowest BCUT2D eigenvalue weighted by Crippen LogP contribution is -2.58. The zero-order valence-corrected chi connectivity index (χ0v) is 13.4. The first-order chi connectivity index (χ1) is 9.84. The van der Waals surface area contributed by atoms with Crippen molar-refractivity contribution < 1.29 is 22.4 Å². The van der Waals surface area contributed by atoms with Crippen LogP contribution in [-0.2, 0) is 14.8 Å². The summed E-state index contributed by atoms with van der Waals surface area (Å²) in [5.74, 6) is -0.245. The van der Waals surface area contributed by atoms with Crippen LogP contribution in [0.1, 0.15) is 28.8 Å². The molecule has 0 bridgehead atoms. The maximum Gasteiger partial charge on any atom is 0.342 e. The zero-order valence-electron chi connectivity index (χ0n) is 12.6. The molecule has 0 spiro atoms. The molecule has 8 heteroatoms. The molecule has 2 heterocycles. The number of nitrogens with one attached hydrogen (secondary N) is 1. The first kappa shape index (κ1) is 16.0. The Kier molecular flexibility index (Phi) is 4.40. The van der Waals surface area contributed by atoms with E-state index >= 15 is 0 Å². The summed E-state index contributed by atoms with van der Waals surface area (Å²) in [6, 6.07) is -0.0971. The summed E-state index contributed by atoms with van der Waals surface area (Å²) in [4.78, 5) is 11.8. The molecule has 21 heavy (non-hydrogen) atoms. The first-order valence-electron chi connectivity index (χ1n) is 6.75. The normalized spacial score (nSPS) is 16.0. The largest absolute Gasteiger partial charge is 0.465 e. The predicted molar refractivity (Wildman–Crippen MR) is 75.7 cm³/mol. The lowest BCUT2D eigenvalue weighted by molar-refractivity contribution is 0.0594. The lowest BCUT2D eigenvalue weighted by atomic mass is 10.2. The molecule has 0 amide bonds. The molecule has 1 aliphatic heterocycles. The molecule has 0 aliphatic carbocycles. The second-order valence-corrected chi connectivity index (χ2v) is 6.76. The van der Waals surface area contributed by atoms with Crippen LogP contribution >= 0.6 is 0 Å². The van der Waals surface area contributed by atoms with Gasteiger partial charge < -0.3 is 14.5 Å². The quantitative estimate of drug-likeness (QED) is 0.803. The van der Waals surface area contributed by atoms with Gasteiger partial charge in [-0.05, 0) is 13.8 Å². The molecule has 1 aromatic heterocycles. The highest BCUT2D eigenvalue weighted by molar-refractivity contribution is 7.89. The molecular weight excluding hydrogens is 296 g/mol. The molecule has 0 unspecified atom stereocenters. The predicted octanol–water partition coefficient (Wildman–Crippen LogP) is 0.665. The highest BCUT2D eigenvalue weighted by atomic mass is 32.2. The number of hydrogen-bond acceptors (Lipinski definition) is 6. The van der Waals surface area contributed by atoms with Crippen molar-refractivity contribution in [3.05, 3.63) is 17.1 Å². The van der Waals surface area contributed by atoms with Crippen LogP contribution in [0, 0.1) is 13.8 Å². The van der Waals surface area contributed by atoms with E-state index in [9.17, 15) is 13.2 Å². The standard InChI is InChI=1S/C13H20N2O5S/c1-5-15(10-6-14-7-10)21(17,18)12-9(3)20-8(2)11(12)13(16)19-4/h10,14H,5-7H2,1-4H3. The first-order valence-corrected chi connectivity index (χ1v) is 8.19. The fourth-order valence-corrected chi connectivity index (χ4v) is 4.54. The Balaban J connectivity index is 2.56. The van der Waals surface area contributed by atoms with Crippen LogP contribution in [0.25, 0.3) is 0 Å². The maximum absolute atomic E-state index is 12.9. The molecule has 1 saturated heterocycles. The number of sulfonamides is 1. The zero-order chi connectivity index (χ0) is 15.8. The Morgan fingerprint density at radius 2 is 2.00 bits per heavy atom. The van der Waals surface area contributed by atoms with E-state index in [0.717, 1.165) is 0 Å². The molecule has 2 rings (SSSR count). The van der Waals surface area contributed by atoms with E-state index in [1.807, 2.05) is 0 Å². The number of ether oxygens (including phenoxy) is 1. The van der Waals surface area contributed by atoms with E-state index in [1.54, 1.807) is 20.8 Å². The Labute approximate surface area is 124 Å². The van der Waals surface area contributed by atoms with Crippen molar-refractivity contribution in [2.24, 2.45) is 0 Å². The molecule has 1 fully saturated rings. The maximum atomic E-state index is 12.9. The van der Waals surface area contributed by atoms with E-state index in [0.29, 0.717) is 19.6 Å². The highest BCUT2D eigenvalue weighted by Gasteiger charge is 2.39. The SMILES string of the molecule is CCN(C1CNC1)S(=O)(=O)c1c(C)oc(C)c1C(=O)OC. The summed E-state index contributed by atoms with van der Waals surface area (Å²) < 4.78 is 37.2. The number of carbonyl (C=O) groups is 1. The van der Waals surface area contributed by atoms with Crippen molar-refractivity contribution >= 4 is 16.0 Å².